The highest BCUT2D eigenvalue weighted by atomic mass is 19.4. The van der Waals surface area contributed by atoms with Crippen molar-refractivity contribution in [2.45, 2.75) is 19.2 Å². The number of ether oxygens (including phenoxy) is 1. The zero-order valence-corrected chi connectivity index (χ0v) is 16.1. The van der Waals surface area contributed by atoms with Gasteiger partial charge >= 0.3 is 6.36 Å². The SMILES string of the molecule is FC(F)(F)Oc1cccc(-c2cccc(/C=C3/CCCN=C3c3cccnc3)c2)c1. The average Bonchev–Trinajstić information content (AvgIpc) is 2.74. The third kappa shape index (κ3) is 4.95. The fraction of sp³-hybridized carbons (Fsp3) is 0.167. The number of alkyl halides is 3. The summed E-state index contributed by atoms with van der Waals surface area (Å²) >= 11 is 0. The van der Waals surface area contributed by atoms with E-state index in [0.29, 0.717) is 5.56 Å². The maximum atomic E-state index is 12.5. The van der Waals surface area contributed by atoms with E-state index >= 15 is 0 Å². The van der Waals surface area contributed by atoms with Gasteiger partial charge in [0.1, 0.15) is 5.75 Å². The van der Waals surface area contributed by atoms with Gasteiger partial charge in [-0.3, -0.25) is 9.98 Å². The number of benzene rings is 2. The lowest BCUT2D eigenvalue weighted by Crippen LogP contribution is -2.17. The lowest BCUT2D eigenvalue weighted by molar-refractivity contribution is -0.274. The van der Waals surface area contributed by atoms with Gasteiger partial charge in [0.05, 0.1) is 5.71 Å². The first-order chi connectivity index (χ1) is 14.5. The highest BCUT2D eigenvalue weighted by Crippen LogP contribution is 2.29. The zero-order valence-electron chi connectivity index (χ0n) is 16.1. The smallest absolute Gasteiger partial charge is 0.406 e. The van der Waals surface area contributed by atoms with Gasteiger partial charge < -0.3 is 4.74 Å². The molecule has 0 amide bonds. The summed E-state index contributed by atoms with van der Waals surface area (Å²) in [6.07, 6.45) is 2.80. The van der Waals surface area contributed by atoms with Crippen molar-refractivity contribution in [2.75, 3.05) is 6.54 Å². The first-order valence-corrected chi connectivity index (χ1v) is 9.60. The Morgan fingerprint density at radius 1 is 0.900 bits per heavy atom. The monoisotopic (exact) mass is 408 g/mol. The van der Waals surface area contributed by atoms with E-state index in [1.54, 1.807) is 24.5 Å². The summed E-state index contributed by atoms with van der Waals surface area (Å²) < 4.78 is 41.6. The predicted molar refractivity (Wildman–Crippen MR) is 111 cm³/mol. The van der Waals surface area contributed by atoms with Gasteiger partial charge in [0.25, 0.3) is 0 Å². The molecule has 1 aliphatic rings. The molecule has 0 unspecified atom stereocenters. The molecule has 152 valence electrons. The van der Waals surface area contributed by atoms with Crippen molar-refractivity contribution in [1.29, 1.82) is 0 Å². The fourth-order valence-corrected chi connectivity index (χ4v) is 3.48. The van der Waals surface area contributed by atoms with E-state index in [2.05, 4.69) is 20.8 Å². The summed E-state index contributed by atoms with van der Waals surface area (Å²) in [6, 6.07) is 17.6. The Kier molecular flexibility index (Phi) is 5.65. The third-order valence-corrected chi connectivity index (χ3v) is 4.74. The number of aromatic nitrogens is 1. The Hall–Kier alpha value is -3.41. The molecule has 0 saturated carbocycles. The van der Waals surface area contributed by atoms with E-state index in [0.717, 1.165) is 47.4 Å². The minimum absolute atomic E-state index is 0.234. The Balaban J connectivity index is 1.65. The van der Waals surface area contributed by atoms with E-state index in [9.17, 15) is 13.2 Å². The molecule has 0 atom stereocenters. The van der Waals surface area contributed by atoms with Crippen molar-refractivity contribution < 1.29 is 17.9 Å². The number of halogens is 3. The molecule has 3 nitrogen and oxygen atoms in total. The molecule has 2 aromatic carbocycles. The highest BCUT2D eigenvalue weighted by molar-refractivity contribution is 6.15. The number of aliphatic imine (C=N–C) groups is 1. The number of rotatable bonds is 4. The van der Waals surface area contributed by atoms with Gasteiger partial charge in [-0.25, -0.2) is 0 Å². The molecule has 4 rings (SSSR count). The van der Waals surface area contributed by atoms with Crippen LogP contribution in [0.25, 0.3) is 17.2 Å². The molecular weight excluding hydrogens is 389 g/mol. The Labute approximate surface area is 172 Å². The predicted octanol–water partition coefficient (Wildman–Crippen LogP) is 6.31. The molecule has 1 aromatic heterocycles. The van der Waals surface area contributed by atoms with Crippen LogP contribution < -0.4 is 4.74 Å². The number of nitrogens with zero attached hydrogens (tertiary/aromatic N) is 2. The van der Waals surface area contributed by atoms with Gasteiger partial charge in [-0.15, -0.1) is 13.2 Å². The minimum Gasteiger partial charge on any atom is -0.406 e. The highest BCUT2D eigenvalue weighted by Gasteiger charge is 2.31. The maximum Gasteiger partial charge on any atom is 0.573 e. The van der Waals surface area contributed by atoms with Crippen molar-refractivity contribution in [3.05, 3.63) is 89.8 Å². The van der Waals surface area contributed by atoms with Gasteiger partial charge in [0.15, 0.2) is 0 Å². The zero-order chi connectivity index (χ0) is 21.0. The van der Waals surface area contributed by atoms with Crippen molar-refractivity contribution in [3.63, 3.8) is 0 Å². The Bertz CT molecular complexity index is 1090. The Morgan fingerprint density at radius 3 is 2.43 bits per heavy atom. The fourth-order valence-electron chi connectivity index (χ4n) is 3.48. The van der Waals surface area contributed by atoms with Crippen LogP contribution in [0.5, 0.6) is 5.75 Å². The molecule has 0 bridgehead atoms. The normalized spacial score (nSPS) is 15.7. The molecule has 0 spiro atoms. The van der Waals surface area contributed by atoms with Crippen molar-refractivity contribution in [3.8, 4) is 16.9 Å². The minimum atomic E-state index is -4.71. The van der Waals surface area contributed by atoms with Crippen LogP contribution in [0.15, 0.2) is 83.6 Å². The van der Waals surface area contributed by atoms with Crippen LogP contribution in [0.1, 0.15) is 24.0 Å². The van der Waals surface area contributed by atoms with Crippen LogP contribution in [0.3, 0.4) is 0 Å². The molecule has 3 aromatic rings. The largest absolute Gasteiger partial charge is 0.573 e. The quantitative estimate of drug-likeness (QED) is 0.507. The number of hydrogen-bond acceptors (Lipinski definition) is 3. The molecule has 0 fully saturated rings. The summed E-state index contributed by atoms with van der Waals surface area (Å²) in [7, 11) is 0. The second-order valence-electron chi connectivity index (χ2n) is 6.95. The Morgan fingerprint density at radius 2 is 1.67 bits per heavy atom. The van der Waals surface area contributed by atoms with Crippen LogP contribution in [-0.2, 0) is 0 Å². The molecular formula is C24H19F3N2O. The lowest BCUT2D eigenvalue weighted by Gasteiger charge is -2.16. The van der Waals surface area contributed by atoms with Crippen LogP contribution in [0.2, 0.25) is 0 Å². The van der Waals surface area contributed by atoms with E-state index in [1.807, 2.05) is 36.4 Å². The molecule has 30 heavy (non-hydrogen) atoms. The maximum absolute atomic E-state index is 12.5. The van der Waals surface area contributed by atoms with Crippen LogP contribution in [-0.4, -0.2) is 23.6 Å². The summed E-state index contributed by atoms with van der Waals surface area (Å²) in [5, 5.41) is 0. The van der Waals surface area contributed by atoms with E-state index in [4.69, 9.17) is 0 Å². The second-order valence-corrected chi connectivity index (χ2v) is 6.95. The first kappa shape index (κ1) is 19.9. The summed E-state index contributed by atoms with van der Waals surface area (Å²) in [4.78, 5) is 8.88. The lowest BCUT2D eigenvalue weighted by atomic mass is 9.94. The van der Waals surface area contributed by atoms with Crippen LogP contribution in [0, 0.1) is 0 Å². The standard InChI is InChI=1S/C24H19F3N2O/c25-24(26,27)30-22-10-2-7-19(15-22)18-6-1-5-17(13-18)14-20-8-4-12-29-23(20)21-9-3-11-28-16-21/h1-3,5-7,9-11,13-16H,4,8,12H2/b20-14-. The van der Waals surface area contributed by atoms with Crippen LogP contribution in [0.4, 0.5) is 13.2 Å². The number of pyridine rings is 1. The summed E-state index contributed by atoms with van der Waals surface area (Å²) in [5.41, 5.74) is 5.48. The molecule has 0 radical (unpaired) electrons. The van der Waals surface area contributed by atoms with E-state index < -0.39 is 6.36 Å². The van der Waals surface area contributed by atoms with Crippen molar-refractivity contribution >= 4 is 11.8 Å². The van der Waals surface area contributed by atoms with E-state index in [-0.39, 0.29) is 5.75 Å². The van der Waals surface area contributed by atoms with Gasteiger partial charge in [0, 0.05) is 24.5 Å². The van der Waals surface area contributed by atoms with E-state index in [1.165, 1.54) is 12.1 Å². The second kappa shape index (κ2) is 8.53. The number of hydrogen-bond donors (Lipinski definition) is 0. The van der Waals surface area contributed by atoms with Gasteiger partial charge in [-0.05, 0) is 71.5 Å². The summed E-state index contributed by atoms with van der Waals surface area (Å²) in [5.74, 6) is -0.234. The molecule has 1 aliphatic heterocycles. The van der Waals surface area contributed by atoms with Gasteiger partial charge in [-0.2, -0.15) is 0 Å². The first-order valence-electron chi connectivity index (χ1n) is 9.60. The molecule has 0 saturated heterocycles. The number of allylic oxidation sites excluding steroid dienone is 1. The molecule has 0 N–H and O–H groups in total. The third-order valence-electron chi connectivity index (χ3n) is 4.74. The topological polar surface area (TPSA) is 34.5 Å². The van der Waals surface area contributed by atoms with Gasteiger partial charge in [-0.1, -0.05) is 30.3 Å². The average molecular weight is 408 g/mol. The molecule has 6 heteroatoms. The van der Waals surface area contributed by atoms with Crippen molar-refractivity contribution in [1.82, 2.24) is 4.98 Å². The van der Waals surface area contributed by atoms with Crippen LogP contribution >= 0.6 is 0 Å². The summed E-state index contributed by atoms with van der Waals surface area (Å²) in [6.45, 7) is 0.785. The molecule has 2 heterocycles. The molecule has 0 aliphatic carbocycles. The van der Waals surface area contributed by atoms with Gasteiger partial charge in [0.2, 0.25) is 0 Å². The van der Waals surface area contributed by atoms with Crippen molar-refractivity contribution in [2.24, 2.45) is 4.99 Å².